The summed E-state index contributed by atoms with van der Waals surface area (Å²) in [5, 5.41) is 3.98. The molecule has 0 aliphatic carbocycles. The summed E-state index contributed by atoms with van der Waals surface area (Å²) in [5.41, 5.74) is 9.29. The molecule has 21 heavy (non-hydrogen) atoms. The van der Waals surface area contributed by atoms with Gasteiger partial charge in [0, 0.05) is 36.9 Å². The number of aromatic amines is 1. The average molecular weight is 289 g/mol. The summed E-state index contributed by atoms with van der Waals surface area (Å²) in [5.74, 6) is -0.115. The lowest BCUT2D eigenvalue weighted by Gasteiger charge is -2.12. The number of benzene rings is 1. The second-order valence-corrected chi connectivity index (χ2v) is 5.22. The van der Waals surface area contributed by atoms with Gasteiger partial charge in [-0.1, -0.05) is 18.2 Å². The van der Waals surface area contributed by atoms with Gasteiger partial charge in [0.05, 0.1) is 6.04 Å². The van der Waals surface area contributed by atoms with Gasteiger partial charge in [-0.05, 0) is 31.4 Å². The molecule has 0 aliphatic rings. The lowest BCUT2D eigenvalue weighted by Crippen LogP contribution is -2.42. The standard InChI is InChI=1S/C16H23N3O2/c1-11-13(12-6-3-4-7-15(12)19-11)10-14(17)16(20)18-8-5-9-21-2/h3-4,6-7,14,19H,5,8-10,17H2,1-2H3,(H,18,20)/t14-/m0/s1. The van der Waals surface area contributed by atoms with Crippen LogP contribution in [-0.2, 0) is 16.0 Å². The first-order valence-electron chi connectivity index (χ1n) is 7.22. The molecule has 2 rings (SSSR count). The van der Waals surface area contributed by atoms with Crippen molar-refractivity contribution in [2.24, 2.45) is 5.73 Å². The van der Waals surface area contributed by atoms with E-state index in [9.17, 15) is 4.79 Å². The lowest BCUT2D eigenvalue weighted by molar-refractivity contribution is -0.122. The Labute approximate surface area is 124 Å². The van der Waals surface area contributed by atoms with Crippen molar-refractivity contribution in [2.45, 2.75) is 25.8 Å². The Morgan fingerprint density at radius 2 is 2.19 bits per heavy atom. The summed E-state index contributed by atoms with van der Waals surface area (Å²) in [6.07, 6.45) is 1.33. The molecule has 5 nitrogen and oxygen atoms in total. The van der Waals surface area contributed by atoms with Crippen LogP contribution in [0.15, 0.2) is 24.3 Å². The third-order valence-corrected chi connectivity index (χ3v) is 3.61. The van der Waals surface area contributed by atoms with Gasteiger partial charge in [-0.25, -0.2) is 0 Å². The highest BCUT2D eigenvalue weighted by atomic mass is 16.5. The van der Waals surface area contributed by atoms with Crippen molar-refractivity contribution in [3.05, 3.63) is 35.5 Å². The van der Waals surface area contributed by atoms with Crippen molar-refractivity contribution in [1.82, 2.24) is 10.3 Å². The molecule has 1 aromatic heterocycles. The van der Waals surface area contributed by atoms with E-state index in [2.05, 4.69) is 16.4 Å². The van der Waals surface area contributed by atoms with Gasteiger partial charge in [-0.2, -0.15) is 0 Å². The quantitative estimate of drug-likeness (QED) is 0.676. The minimum atomic E-state index is -0.537. The van der Waals surface area contributed by atoms with E-state index in [4.69, 9.17) is 10.5 Å². The molecule has 5 heteroatoms. The van der Waals surface area contributed by atoms with E-state index in [1.54, 1.807) is 7.11 Å². The first-order chi connectivity index (χ1) is 10.1. The minimum absolute atomic E-state index is 0.115. The molecular formula is C16H23N3O2. The topological polar surface area (TPSA) is 80.1 Å². The minimum Gasteiger partial charge on any atom is -0.385 e. The van der Waals surface area contributed by atoms with E-state index in [1.165, 1.54) is 0 Å². The van der Waals surface area contributed by atoms with Gasteiger partial charge >= 0.3 is 0 Å². The first-order valence-corrected chi connectivity index (χ1v) is 7.22. The Morgan fingerprint density at radius 3 is 2.95 bits per heavy atom. The molecule has 2 aromatic rings. The van der Waals surface area contributed by atoms with Crippen LogP contribution >= 0.6 is 0 Å². The Kier molecular flexibility index (Phi) is 5.36. The second-order valence-electron chi connectivity index (χ2n) is 5.22. The van der Waals surface area contributed by atoms with Crippen LogP contribution in [0.5, 0.6) is 0 Å². The number of hydrogen-bond acceptors (Lipinski definition) is 3. The zero-order valence-corrected chi connectivity index (χ0v) is 12.6. The Balaban J connectivity index is 1.99. The number of nitrogens with one attached hydrogen (secondary N) is 2. The maximum atomic E-state index is 12.0. The highest BCUT2D eigenvalue weighted by molar-refractivity contribution is 5.87. The van der Waals surface area contributed by atoms with Crippen molar-refractivity contribution >= 4 is 16.8 Å². The fourth-order valence-electron chi connectivity index (χ4n) is 2.47. The number of methoxy groups -OCH3 is 1. The molecule has 0 saturated heterocycles. The number of nitrogens with two attached hydrogens (primary N) is 1. The molecular weight excluding hydrogens is 266 g/mol. The Hall–Kier alpha value is -1.85. The van der Waals surface area contributed by atoms with Gasteiger partial charge in [-0.15, -0.1) is 0 Å². The number of para-hydroxylation sites is 1. The zero-order chi connectivity index (χ0) is 15.2. The number of carbonyl (C=O) groups is 1. The van der Waals surface area contributed by atoms with E-state index < -0.39 is 6.04 Å². The maximum absolute atomic E-state index is 12.0. The van der Waals surface area contributed by atoms with E-state index in [0.717, 1.165) is 28.6 Å². The summed E-state index contributed by atoms with van der Waals surface area (Å²) in [7, 11) is 1.65. The molecule has 0 fully saturated rings. The number of aromatic nitrogens is 1. The normalized spacial score (nSPS) is 12.5. The first kappa shape index (κ1) is 15.5. The van der Waals surface area contributed by atoms with Gasteiger partial charge in [0.2, 0.25) is 5.91 Å². The van der Waals surface area contributed by atoms with Crippen LogP contribution in [0.25, 0.3) is 10.9 Å². The number of hydrogen-bond donors (Lipinski definition) is 3. The molecule has 1 heterocycles. The monoisotopic (exact) mass is 289 g/mol. The number of rotatable bonds is 7. The van der Waals surface area contributed by atoms with Crippen molar-refractivity contribution in [3.63, 3.8) is 0 Å². The number of fused-ring (bicyclic) bond motifs is 1. The van der Waals surface area contributed by atoms with Crippen LogP contribution in [0.4, 0.5) is 0 Å². The van der Waals surface area contributed by atoms with Crippen LogP contribution < -0.4 is 11.1 Å². The molecule has 0 unspecified atom stereocenters. The Morgan fingerprint density at radius 1 is 1.43 bits per heavy atom. The highest BCUT2D eigenvalue weighted by Crippen LogP contribution is 2.22. The zero-order valence-electron chi connectivity index (χ0n) is 12.6. The van der Waals surface area contributed by atoms with E-state index in [1.807, 2.05) is 25.1 Å². The van der Waals surface area contributed by atoms with Gasteiger partial charge in [-0.3, -0.25) is 4.79 Å². The molecule has 1 amide bonds. The maximum Gasteiger partial charge on any atom is 0.237 e. The third kappa shape index (κ3) is 3.83. The van der Waals surface area contributed by atoms with Crippen LogP contribution in [0, 0.1) is 6.92 Å². The van der Waals surface area contributed by atoms with Crippen LogP contribution in [0.1, 0.15) is 17.7 Å². The van der Waals surface area contributed by atoms with Gasteiger partial charge in [0.15, 0.2) is 0 Å². The molecule has 0 radical (unpaired) electrons. The Bertz CT molecular complexity index is 607. The fraction of sp³-hybridized carbons (Fsp3) is 0.438. The molecule has 1 aromatic carbocycles. The summed E-state index contributed by atoms with van der Waals surface area (Å²) in [6, 6.07) is 7.53. The summed E-state index contributed by atoms with van der Waals surface area (Å²) in [6.45, 7) is 3.24. The molecule has 0 bridgehead atoms. The number of aryl methyl sites for hydroxylation is 1. The van der Waals surface area contributed by atoms with E-state index in [0.29, 0.717) is 19.6 Å². The van der Waals surface area contributed by atoms with Crippen LogP contribution in [0.3, 0.4) is 0 Å². The van der Waals surface area contributed by atoms with Gasteiger partial charge < -0.3 is 20.8 Å². The van der Waals surface area contributed by atoms with E-state index in [-0.39, 0.29) is 5.91 Å². The van der Waals surface area contributed by atoms with Gasteiger partial charge in [0.25, 0.3) is 0 Å². The van der Waals surface area contributed by atoms with Crippen LogP contribution in [-0.4, -0.2) is 37.2 Å². The predicted octanol–water partition coefficient (Wildman–Crippen LogP) is 1.50. The van der Waals surface area contributed by atoms with Crippen molar-refractivity contribution in [2.75, 3.05) is 20.3 Å². The van der Waals surface area contributed by atoms with Crippen LogP contribution in [0.2, 0.25) is 0 Å². The smallest absolute Gasteiger partial charge is 0.237 e. The number of amides is 1. The lowest BCUT2D eigenvalue weighted by atomic mass is 10.0. The van der Waals surface area contributed by atoms with Gasteiger partial charge in [0.1, 0.15) is 0 Å². The molecule has 1 atom stereocenters. The molecule has 0 saturated carbocycles. The summed E-state index contributed by atoms with van der Waals surface area (Å²) in [4.78, 5) is 15.3. The van der Waals surface area contributed by atoms with Crippen molar-refractivity contribution in [1.29, 1.82) is 0 Å². The molecule has 114 valence electrons. The fourth-order valence-corrected chi connectivity index (χ4v) is 2.47. The van der Waals surface area contributed by atoms with Crippen molar-refractivity contribution in [3.8, 4) is 0 Å². The number of ether oxygens (including phenoxy) is 1. The highest BCUT2D eigenvalue weighted by Gasteiger charge is 2.17. The number of H-pyrrole nitrogens is 1. The predicted molar refractivity (Wildman–Crippen MR) is 84.2 cm³/mol. The molecule has 0 spiro atoms. The largest absolute Gasteiger partial charge is 0.385 e. The SMILES string of the molecule is COCCCNC(=O)[C@@H](N)Cc1c(C)[nH]c2ccccc12. The third-order valence-electron chi connectivity index (χ3n) is 3.61. The average Bonchev–Trinajstić information content (AvgIpc) is 2.79. The summed E-state index contributed by atoms with van der Waals surface area (Å²) >= 11 is 0. The van der Waals surface area contributed by atoms with Crippen molar-refractivity contribution < 1.29 is 9.53 Å². The van der Waals surface area contributed by atoms with E-state index >= 15 is 0 Å². The summed E-state index contributed by atoms with van der Waals surface area (Å²) < 4.78 is 4.95. The molecule has 0 aliphatic heterocycles. The second kappa shape index (κ2) is 7.24. The molecule has 4 N–H and O–H groups in total. The number of carbonyl (C=O) groups excluding carboxylic acids is 1.